The van der Waals surface area contributed by atoms with E-state index >= 15 is 0 Å². The van der Waals surface area contributed by atoms with Gasteiger partial charge in [0, 0.05) is 0 Å². The van der Waals surface area contributed by atoms with Gasteiger partial charge in [-0.05, 0) is 19.3 Å². The van der Waals surface area contributed by atoms with Crippen LogP contribution in [0.5, 0.6) is 0 Å². The van der Waals surface area contributed by atoms with Gasteiger partial charge in [0.25, 0.3) is 0 Å². The zero-order chi connectivity index (χ0) is 10.8. The fourth-order valence-corrected chi connectivity index (χ4v) is 3.70. The highest BCUT2D eigenvalue weighted by molar-refractivity contribution is 6.53. The smallest absolute Gasteiger partial charge is 0.0552 e. The average Bonchev–Trinajstić information content (AvgIpc) is 1.97. The Labute approximate surface area is 90.6 Å². The summed E-state index contributed by atoms with van der Waals surface area (Å²) in [5.74, 6) is 0. The molecule has 0 bridgehead atoms. The zero-order valence-corrected chi connectivity index (χ0v) is 11.6. The lowest BCUT2D eigenvalue weighted by atomic mass is 10.0. The SMILES string of the molecule is Cc1cc(C)cc([SiH2]CC(C)(C)C)c1. The van der Waals surface area contributed by atoms with Crippen LogP contribution in [0.4, 0.5) is 0 Å². The van der Waals surface area contributed by atoms with E-state index < -0.39 is 0 Å². The molecule has 78 valence electrons. The Morgan fingerprint density at radius 3 is 1.93 bits per heavy atom. The summed E-state index contributed by atoms with van der Waals surface area (Å²) in [5.41, 5.74) is 3.34. The fraction of sp³-hybridized carbons (Fsp3) is 0.538. The van der Waals surface area contributed by atoms with Crippen molar-refractivity contribution in [3.05, 3.63) is 29.3 Å². The maximum absolute atomic E-state index is 2.37. The van der Waals surface area contributed by atoms with Crippen molar-refractivity contribution in [2.45, 2.75) is 40.7 Å². The van der Waals surface area contributed by atoms with Crippen LogP contribution in [0.3, 0.4) is 0 Å². The number of aryl methyl sites for hydroxylation is 2. The molecular weight excluding hydrogens is 184 g/mol. The second-order valence-corrected chi connectivity index (χ2v) is 7.37. The van der Waals surface area contributed by atoms with E-state index in [2.05, 4.69) is 52.8 Å². The molecule has 1 rings (SSSR count). The topological polar surface area (TPSA) is 0 Å². The lowest BCUT2D eigenvalue weighted by molar-refractivity contribution is 0.468. The van der Waals surface area contributed by atoms with Gasteiger partial charge >= 0.3 is 0 Å². The van der Waals surface area contributed by atoms with Gasteiger partial charge in [0.05, 0.1) is 9.52 Å². The lowest BCUT2D eigenvalue weighted by Gasteiger charge is -2.17. The number of benzene rings is 1. The van der Waals surface area contributed by atoms with Crippen molar-refractivity contribution in [3.8, 4) is 0 Å². The molecule has 0 fully saturated rings. The molecule has 1 aromatic rings. The minimum Gasteiger partial charge on any atom is -0.0664 e. The van der Waals surface area contributed by atoms with Gasteiger partial charge in [0.1, 0.15) is 0 Å². The predicted molar refractivity (Wildman–Crippen MR) is 68.4 cm³/mol. The summed E-state index contributed by atoms with van der Waals surface area (Å²) in [6, 6.07) is 8.39. The highest BCUT2D eigenvalue weighted by Gasteiger charge is 2.10. The van der Waals surface area contributed by atoms with Crippen LogP contribution < -0.4 is 5.19 Å². The van der Waals surface area contributed by atoms with Crippen molar-refractivity contribution in [2.75, 3.05) is 0 Å². The van der Waals surface area contributed by atoms with E-state index in [0.717, 1.165) is 0 Å². The second-order valence-electron chi connectivity index (χ2n) is 5.56. The zero-order valence-electron chi connectivity index (χ0n) is 10.1. The molecule has 0 heterocycles. The molecular formula is C13H22Si. The quantitative estimate of drug-likeness (QED) is 0.653. The molecule has 0 unspecified atom stereocenters. The monoisotopic (exact) mass is 206 g/mol. The molecule has 0 spiro atoms. The van der Waals surface area contributed by atoms with Crippen LogP contribution in [0.25, 0.3) is 0 Å². The van der Waals surface area contributed by atoms with Crippen molar-refractivity contribution < 1.29 is 0 Å². The summed E-state index contributed by atoms with van der Waals surface area (Å²) < 4.78 is 0. The molecule has 0 radical (unpaired) electrons. The first kappa shape index (κ1) is 11.5. The molecule has 1 heteroatoms. The van der Waals surface area contributed by atoms with Gasteiger partial charge in [-0.1, -0.05) is 61.3 Å². The highest BCUT2D eigenvalue weighted by Crippen LogP contribution is 2.18. The number of hydrogen-bond donors (Lipinski definition) is 0. The summed E-state index contributed by atoms with van der Waals surface area (Å²) in [6.45, 7) is 11.4. The fourth-order valence-electron chi connectivity index (χ4n) is 1.73. The van der Waals surface area contributed by atoms with E-state index in [0.29, 0.717) is 5.41 Å². The molecule has 0 nitrogen and oxygen atoms in total. The van der Waals surface area contributed by atoms with Crippen LogP contribution in [0.2, 0.25) is 6.04 Å². The summed E-state index contributed by atoms with van der Waals surface area (Å²) in [7, 11) is -0.0584. The van der Waals surface area contributed by atoms with Crippen molar-refractivity contribution >= 4 is 14.7 Å². The Hall–Kier alpha value is -0.563. The van der Waals surface area contributed by atoms with E-state index in [1.54, 1.807) is 5.19 Å². The Kier molecular flexibility index (Phi) is 3.54. The molecule has 0 saturated carbocycles. The Morgan fingerprint density at radius 1 is 1.00 bits per heavy atom. The number of hydrogen-bond acceptors (Lipinski definition) is 0. The predicted octanol–water partition coefficient (Wildman–Crippen LogP) is 2.56. The molecule has 0 aliphatic heterocycles. The third-order valence-corrected chi connectivity index (χ3v) is 5.18. The van der Waals surface area contributed by atoms with E-state index in [1.165, 1.54) is 17.2 Å². The van der Waals surface area contributed by atoms with Crippen LogP contribution in [-0.2, 0) is 0 Å². The molecule has 14 heavy (non-hydrogen) atoms. The maximum Gasteiger partial charge on any atom is 0.0552 e. The summed E-state index contributed by atoms with van der Waals surface area (Å²) in [4.78, 5) is 0. The van der Waals surface area contributed by atoms with Crippen LogP contribution in [-0.4, -0.2) is 9.52 Å². The van der Waals surface area contributed by atoms with Gasteiger partial charge in [-0.2, -0.15) is 0 Å². The standard InChI is InChI=1S/C13H22Si/c1-10-6-11(2)8-12(7-10)14-9-13(3,4)5/h6-8H,9,14H2,1-5H3. The van der Waals surface area contributed by atoms with Crippen molar-refractivity contribution in [1.82, 2.24) is 0 Å². The van der Waals surface area contributed by atoms with Gasteiger partial charge in [-0.25, -0.2) is 0 Å². The van der Waals surface area contributed by atoms with Crippen molar-refractivity contribution in [2.24, 2.45) is 5.41 Å². The van der Waals surface area contributed by atoms with Gasteiger partial charge in [0.15, 0.2) is 0 Å². The first-order chi connectivity index (χ1) is 6.37. The van der Waals surface area contributed by atoms with E-state index in [9.17, 15) is 0 Å². The molecule has 0 N–H and O–H groups in total. The molecule has 0 aromatic heterocycles. The normalized spacial score (nSPS) is 12.6. The summed E-state index contributed by atoms with van der Waals surface area (Å²) in [6.07, 6.45) is 0. The minimum absolute atomic E-state index is 0.0584. The Bertz CT molecular complexity index is 287. The third-order valence-electron chi connectivity index (χ3n) is 2.45. The second kappa shape index (κ2) is 4.31. The lowest BCUT2D eigenvalue weighted by Crippen LogP contribution is -2.20. The number of rotatable bonds is 2. The van der Waals surface area contributed by atoms with Crippen LogP contribution in [0.1, 0.15) is 31.9 Å². The molecule has 0 aliphatic rings. The third kappa shape index (κ3) is 4.10. The Balaban J connectivity index is 2.68. The highest BCUT2D eigenvalue weighted by atomic mass is 28.2. The maximum atomic E-state index is 2.37. The van der Waals surface area contributed by atoms with Crippen LogP contribution >= 0.6 is 0 Å². The Morgan fingerprint density at radius 2 is 1.50 bits per heavy atom. The van der Waals surface area contributed by atoms with E-state index in [-0.39, 0.29) is 9.52 Å². The van der Waals surface area contributed by atoms with Crippen molar-refractivity contribution in [3.63, 3.8) is 0 Å². The molecule has 1 aromatic carbocycles. The molecule has 0 atom stereocenters. The van der Waals surface area contributed by atoms with Crippen molar-refractivity contribution in [1.29, 1.82) is 0 Å². The summed E-state index contributed by atoms with van der Waals surface area (Å²) >= 11 is 0. The van der Waals surface area contributed by atoms with Gasteiger partial charge in [0.2, 0.25) is 0 Å². The molecule has 0 aliphatic carbocycles. The van der Waals surface area contributed by atoms with E-state index in [1.807, 2.05) is 0 Å². The van der Waals surface area contributed by atoms with Gasteiger partial charge < -0.3 is 0 Å². The summed E-state index contributed by atoms with van der Waals surface area (Å²) in [5, 5.41) is 1.62. The molecule has 0 amide bonds. The largest absolute Gasteiger partial charge is 0.0664 e. The first-order valence-corrected chi connectivity index (χ1v) is 7.15. The average molecular weight is 206 g/mol. The van der Waals surface area contributed by atoms with Crippen LogP contribution in [0, 0.1) is 19.3 Å². The minimum atomic E-state index is -0.0584. The van der Waals surface area contributed by atoms with Gasteiger partial charge in [-0.15, -0.1) is 0 Å². The van der Waals surface area contributed by atoms with E-state index in [4.69, 9.17) is 0 Å². The van der Waals surface area contributed by atoms with Gasteiger partial charge in [-0.3, -0.25) is 0 Å². The molecule has 0 saturated heterocycles. The first-order valence-electron chi connectivity index (χ1n) is 5.44. The van der Waals surface area contributed by atoms with Crippen LogP contribution in [0.15, 0.2) is 18.2 Å².